The van der Waals surface area contributed by atoms with Crippen molar-refractivity contribution in [1.82, 2.24) is 10.6 Å². The molecule has 0 spiro atoms. The molecule has 0 bridgehead atoms. The number of amides is 2. The Morgan fingerprint density at radius 3 is 2.43 bits per heavy atom. The Bertz CT molecular complexity index is 826. The Morgan fingerprint density at radius 2 is 1.75 bits per heavy atom. The van der Waals surface area contributed by atoms with Gasteiger partial charge in [0.25, 0.3) is 5.91 Å². The Morgan fingerprint density at radius 1 is 1.04 bits per heavy atom. The lowest BCUT2D eigenvalue weighted by atomic mass is 10.1. The normalized spacial score (nSPS) is 11.4. The molecule has 7 heteroatoms. The topological polar surface area (TPSA) is 76.7 Å². The SMILES string of the molecule is CCOc1ccc([C@H](C)NC(=O)CNC(=O)c2cccc(Br)c2)cc1OCC. The van der Waals surface area contributed by atoms with Crippen LogP contribution in [0.1, 0.15) is 42.7 Å². The number of carbonyl (C=O) groups excluding carboxylic acids is 2. The highest BCUT2D eigenvalue weighted by atomic mass is 79.9. The zero-order valence-corrected chi connectivity index (χ0v) is 17.8. The Hall–Kier alpha value is -2.54. The van der Waals surface area contributed by atoms with Crippen LogP contribution in [0.25, 0.3) is 0 Å². The first-order valence-electron chi connectivity index (χ1n) is 9.17. The molecular formula is C21H25BrN2O4. The summed E-state index contributed by atoms with van der Waals surface area (Å²) in [6.45, 7) is 6.65. The highest BCUT2D eigenvalue weighted by Crippen LogP contribution is 2.30. The fourth-order valence-corrected chi connectivity index (χ4v) is 3.00. The third kappa shape index (κ3) is 6.27. The van der Waals surface area contributed by atoms with E-state index in [0.29, 0.717) is 30.3 Å². The number of halogens is 1. The third-order valence-electron chi connectivity index (χ3n) is 3.94. The van der Waals surface area contributed by atoms with E-state index >= 15 is 0 Å². The summed E-state index contributed by atoms with van der Waals surface area (Å²) in [4.78, 5) is 24.3. The van der Waals surface area contributed by atoms with E-state index in [4.69, 9.17) is 9.47 Å². The second kappa shape index (κ2) is 10.7. The molecule has 0 aliphatic rings. The van der Waals surface area contributed by atoms with Crippen molar-refractivity contribution in [2.45, 2.75) is 26.8 Å². The summed E-state index contributed by atoms with van der Waals surface area (Å²) in [5, 5.41) is 5.50. The van der Waals surface area contributed by atoms with E-state index in [1.54, 1.807) is 18.2 Å². The molecule has 150 valence electrons. The summed E-state index contributed by atoms with van der Waals surface area (Å²) in [5.74, 6) is 0.741. The van der Waals surface area contributed by atoms with Gasteiger partial charge in [-0.3, -0.25) is 9.59 Å². The molecule has 2 aromatic rings. The van der Waals surface area contributed by atoms with Crippen LogP contribution < -0.4 is 20.1 Å². The molecule has 28 heavy (non-hydrogen) atoms. The van der Waals surface area contributed by atoms with Crippen LogP contribution in [0.4, 0.5) is 0 Å². The summed E-state index contributed by atoms with van der Waals surface area (Å²) in [6.07, 6.45) is 0. The summed E-state index contributed by atoms with van der Waals surface area (Å²) < 4.78 is 12.0. The van der Waals surface area contributed by atoms with E-state index < -0.39 is 0 Å². The lowest BCUT2D eigenvalue weighted by Gasteiger charge is -2.17. The maximum absolute atomic E-state index is 12.2. The molecule has 0 radical (unpaired) electrons. The van der Waals surface area contributed by atoms with Gasteiger partial charge < -0.3 is 20.1 Å². The molecule has 2 aromatic carbocycles. The number of ether oxygens (including phenoxy) is 2. The van der Waals surface area contributed by atoms with Crippen molar-refractivity contribution in [1.29, 1.82) is 0 Å². The molecule has 2 N–H and O–H groups in total. The molecule has 2 amide bonds. The quantitative estimate of drug-likeness (QED) is 0.610. The van der Waals surface area contributed by atoms with Gasteiger partial charge in [0.05, 0.1) is 25.8 Å². The van der Waals surface area contributed by atoms with E-state index in [1.807, 2.05) is 45.0 Å². The molecule has 2 rings (SSSR count). The molecular weight excluding hydrogens is 424 g/mol. The molecule has 0 aromatic heterocycles. The Balaban J connectivity index is 1.94. The van der Waals surface area contributed by atoms with Gasteiger partial charge in [0.1, 0.15) is 0 Å². The second-order valence-corrected chi connectivity index (χ2v) is 6.97. The number of hydrogen-bond donors (Lipinski definition) is 2. The van der Waals surface area contributed by atoms with Crippen molar-refractivity contribution in [2.24, 2.45) is 0 Å². The molecule has 0 saturated heterocycles. The van der Waals surface area contributed by atoms with Crippen LogP contribution in [0.15, 0.2) is 46.9 Å². The van der Waals surface area contributed by atoms with Gasteiger partial charge in [0.15, 0.2) is 11.5 Å². The fourth-order valence-electron chi connectivity index (χ4n) is 2.61. The maximum Gasteiger partial charge on any atom is 0.251 e. The van der Waals surface area contributed by atoms with Crippen molar-refractivity contribution >= 4 is 27.7 Å². The zero-order valence-electron chi connectivity index (χ0n) is 16.3. The first-order valence-corrected chi connectivity index (χ1v) is 9.96. The molecule has 0 fully saturated rings. The van der Waals surface area contributed by atoms with Gasteiger partial charge >= 0.3 is 0 Å². The summed E-state index contributed by atoms with van der Waals surface area (Å²) in [6, 6.07) is 12.3. The predicted molar refractivity (Wildman–Crippen MR) is 112 cm³/mol. The fraction of sp³-hybridized carbons (Fsp3) is 0.333. The minimum Gasteiger partial charge on any atom is -0.490 e. The van der Waals surface area contributed by atoms with Crippen molar-refractivity contribution in [3.05, 3.63) is 58.1 Å². The van der Waals surface area contributed by atoms with E-state index in [9.17, 15) is 9.59 Å². The van der Waals surface area contributed by atoms with Gasteiger partial charge in [-0.1, -0.05) is 28.1 Å². The average molecular weight is 449 g/mol. The number of benzene rings is 2. The lowest BCUT2D eigenvalue weighted by Crippen LogP contribution is -2.38. The van der Waals surface area contributed by atoms with E-state index in [2.05, 4.69) is 26.6 Å². The summed E-state index contributed by atoms with van der Waals surface area (Å²) >= 11 is 3.32. The maximum atomic E-state index is 12.2. The van der Waals surface area contributed by atoms with Gasteiger partial charge in [-0.2, -0.15) is 0 Å². The highest BCUT2D eigenvalue weighted by Gasteiger charge is 2.14. The van der Waals surface area contributed by atoms with Crippen LogP contribution in [0.3, 0.4) is 0 Å². The molecule has 0 saturated carbocycles. The first-order chi connectivity index (χ1) is 13.4. The van der Waals surface area contributed by atoms with Crippen molar-refractivity contribution < 1.29 is 19.1 Å². The lowest BCUT2D eigenvalue weighted by molar-refractivity contribution is -0.120. The van der Waals surface area contributed by atoms with Crippen molar-refractivity contribution in [2.75, 3.05) is 19.8 Å². The van der Waals surface area contributed by atoms with Crippen LogP contribution in [0.2, 0.25) is 0 Å². The van der Waals surface area contributed by atoms with E-state index in [1.165, 1.54) is 0 Å². The molecule has 1 atom stereocenters. The number of nitrogens with one attached hydrogen (secondary N) is 2. The molecule has 0 unspecified atom stereocenters. The van der Waals surface area contributed by atoms with Gasteiger partial charge in [-0.25, -0.2) is 0 Å². The largest absolute Gasteiger partial charge is 0.490 e. The van der Waals surface area contributed by atoms with Crippen molar-refractivity contribution in [3.63, 3.8) is 0 Å². The predicted octanol–water partition coefficient (Wildman–Crippen LogP) is 3.85. The number of rotatable bonds is 9. The monoisotopic (exact) mass is 448 g/mol. The minimum atomic E-state index is -0.302. The summed E-state index contributed by atoms with van der Waals surface area (Å²) in [5.41, 5.74) is 1.38. The zero-order chi connectivity index (χ0) is 20.5. The highest BCUT2D eigenvalue weighted by molar-refractivity contribution is 9.10. The molecule has 6 nitrogen and oxygen atoms in total. The van der Waals surface area contributed by atoms with Crippen LogP contribution in [-0.4, -0.2) is 31.6 Å². The minimum absolute atomic E-state index is 0.106. The second-order valence-electron chi connectivity index (χ2n) is 6.05. The Kier molecular flexibility index (Phi) is 8.32. The van der Waals surface area contributed by atoms with Gasteiger partial charge in [-0.05, 0) is 56.7 Å². The van der Waals surface area contributed by atoms with Crippen LogP contribution in [0.5, 0.6) is 11.5 Å². The standard InChI is InChI=1S/C21H25BrN2O4/c1-4-27-18-10-9-15(12-19(18)28-5-2)14(3)24-20(25)13-23-21(26)16-7-6-8-17(22)11-16/h6-12,14H,4-5,13H2,1-3H3,(H,23,26)(H,24,25)/t14-/m0/s1. The first kappa shape index (κ1) is 21.8. The molecule has 0 heterocycles. The van der Waals surface area contributed by atoms with Crippen molar-refractivity contribution in [3.8, 4) is 11.5 Å². The van der Waals surface area contributed by atoms with E-state index in [0.717, 1.165) is 10.0 Å². The Labute approximate surface area is 173 Å². The average Bonchev–Trinajstić information content (AvgIpc) is 2.67. The van der Waals surface area contributed by atoms with Crippen LogP contribution >= 0.6 is 15.9 Å². The smallest absolute Gasteiger partial charge is 0.251 e. The molecule has 0 aliphatic carbocycles. The van der Waals surface area contributed by atoms with Gasteiger partial charge in [0, 0.05) is 10.0 Å². The number of carbonyl (C=O) groups is 2. The van der Waals surface area contributed by atoms with Crippen LogP contribution in [0, 0.1) is 0 Å². The summed E-state index contributed by atoms with van der Waals surface area (Å²) in [7, 11) is 0. The van der Waals surface area contributed by atoms with Gasteiger partial charge in [-0.15, -0.1) is 0 Å². The van der Waals surface area contributed by atoms with Crippen LogP contribution in [-0.2, 0) is 4.79 Å². The van der Waals surface area contributed by atoms with Gasteiger partial charge in [0.2, 0.25) is 5.91 Å². The number of hydrogen-bond acceptors (Lipinski definition) is 4. The van der Waals surface area contributed by atoms with E-state index in [-0.39, 0.29) is 24.4 Å². The molecule has 0 aliphatic heterocycles. The third-order valence-corrected chi connectivity index (χ3v) is 4.43.